The summed E-state index contributed by atoms with van der Waals surface area (Å²) in [5.74, 6) is 0.762. The number of sulfonamides is 1. The number of aromatic nitrogens is 4. The van der Waals surface area contributed by atoms with Gasteiger partial charge in [0.15, 0.2) is 11.5 Å². The van der Waals surface area contributed by atoms with E-state index in [-0.39, 0.29) is 0 Å². The predicted molar refractivity (Wildman–Crippen MR) is 102 cm³/mol. The van der Waals surface area contributed by atoms with E-state index in [1.54, 1.807) is 26.1 Å². The number of pyridine rings is 1. The molecule has 2 rings (SSSR count). The molecule has 0 radical (unpaired) electrons. The van der Waals surface area contributed by atoms with Gasteiger partial charge in [-0.25, -0.2) is 22.9 Å². The van der Waals surface area contributed by atoms with Crippen LogP contribution in [-0.4, -0.2) is 47.4 Å². The quantitative estimate of drug-likeness (QED) is 0.734. The maximum absolute atomic E-state index is 12.0. The van der Waals surface area contributed by atoms with Gasteiger partial charge in [0, 0.05) is 7.05 Å². The molecule has 0 fully saturated rings. The maximum atomic E-state index is 12.0. The first-order chi connectivity index (χ1) is 12.6. The van der Waals surface area contributed by atoms with Crippen molar-refractivity contribution in [2.24, 2.45) is 13.0 Å². The fourth-order valence-electron chi connectivity index (χ4n) is 2.19. The number of aryl methyl sites for hydroxylation is 2. The van der Waals surface area contributed by atoms with Crippen LogP contribution in [0.3, 0.4) is 0 Å². The van der Waals surface area contributed by atoms with Gasteiger partial charge in [0.1, 0.15) is 0 Å². The number of ether oxygens (including phenoxy) is 1. The molecule has 2 aromatic heterocycles. The minimum absolute atomic E-state index is 0.313. The van der Waals surface area contributed by atoms with E-state index < -0.39 is 16.1 Å². The number of rotatable bonds is 7. The van der Waals surface area contributed by atoms with Crippen molar-refractivity contribution in [1.29, 1.82) is 0 Å². The van der Waals surface area contributed by atoms with Crippen molar-refractivity contribution in [3.8, 4) is 11.4 Å². The SMILES string of the molecule is Cc1nc(-c2nnn(C)c2NC(=O)OCCC(C)C)ccc1NS(C)(=O)=O. The molecule has 0 unspecified atom stereocenters. The molecular formula is C16H24N6O4S. The third-order valence-electron chi connectivity index (χ3n) is 3.60. The van der Waals surface area contributed by atoms with Gasteiger partial charge in [-0.2, -0.15) is 0 Å². The molecule has 0 spiro atoms. The first-order valence-electron chi connectivity index (χ1n) is 8.36. The van der Waals surface area contributed by atoms with Crippen LogP contribution in [0.25, 0.3) is 11.4 Å². The van der Waals surface area contributed by atoms with Crippen LogP contribution < -0.4 is 10.0 Å². The summed E-state index contributed by atoms with van der Waals surface area (Å²) >= 11 is 0. The molecule has 27 heavy (non-hydrogen) atoms. The standard InChI is InChI=1S/C16H24N6O4S/c1-10(2)8-9-26-16(23)18-15-14(19-21-22(15)4)13-7-6-12(11(3)17-13)20-27(5,24)25/h6-7,10,20H,8-9H2,1-5H3,(H,18,23). The van der Waals surface area contributed by atoms with Crippen molar-refractivity contribution < 1.29 is 17.9 Å². The van der Waals surface area contributed by atoms with E-state index in [9.17, 15) is 13.2 Å². The van der Waals surface area contributed by atoms with Crippen molar-refractivity contribution >= 4 is 27.6 Å². The summed E-state index contributed by atoms with van der Waals surface area (Å²) in [6.07, 6.45) is 1.23. The van der Waals surface area contributed by atoms with E-state index in [0.29, 0.717) is 41.1 Å². The zero-order valence-electron chi connectivity index (χ0n) is 16.0. The molecule has 0 saturated heterocycles. The molecule has 2 aromatic rings. The molecule has 0 aromatic carbocycles. The number of carbonyl (C=O) groups is 1. The Kier molecular flexibility index (Phi) is 6.37. The minimum atomic E-state index is -3.41. The van der Waals surface area contributed by atoms with Gasteiger partial charge >= 0.3 is 6.09 Å². The van der Waals surface area contributed by atoms with E-state index in [1.165, 1.54) is 4.68 Å². The van der Waals surface area contributed by atoms with Crippen molar-refractivity contribution in [3.63, 3.8) is 0 Å². The molecule has 11 heteroatoms. The Balaban J connectivity index is 2.20. The van der Waals surface area contributed by atoms with Crippen LogP contribution in [0.2, 0.25) is 0 Å². The fraction of sp³-hybridized carbons (Fsp3) is 0.500. The summed E-state index contributed by atoms with van der Waals surface area (Å²) in [6.45, 7) is 6.06. The summed E-state index contributed by atoms with van der Waals surface area (Å²) in [6, 6.07) is 3.18. The Morgan fingerprint density at radius 3 is 2.63 bits per heavy atom. The smallest absolute Gasteiger partial charge is 0.412 e. The van der Waals surface area contributed by atoms with Crippen LogP contribution in [0.1, 0.15) is 26.0 Å². The van der Waals surface area contributed by atoms with E-state index >= 15 is 0 Å². The van der Waals surface area contributed by atoms with Crippen LogP contribution in [0.5, 0.6) is 0 Å². The molecular weight excluding hydrogens is 372 g/mol. The fourth-order valence-corrected chi connectivity index (χ4v) is 2.81. The van der Waals surface area contributed by atoms with E-state index in [2.05, 4.69) is 25.3 Å². The second-order valence-corrected chi connectivity index (χ2v) is 8.31. The van der Waals surface area contributed by atoms with Gasteiger partial charge in [0.05, 0.1) is 29.9 Å². The molecule has 0 aliphatic heterocycles. The first-order valence-corrected chi connectivity index (χ1v) is 10.2. The van der Waals surface area contributed by atoms with Crippen molar-refractivity contribution in [2.75, 3.05) is 22.9 Å². The highest BCUT2D eigenvalue weighted by Gasteiger charge is 2.18. The number of carbonyl (C=O) groups excluding carboxylic acids is 1. The van der Waals surface area contributed by atoms with Gasteiger partial charge in [-0.05, 0) is 31.4 Å². The number of nitrogens with zero attached hydrogens (tertiary/aromatic N) is 4. The molecule has 0 atom stereocenters. The number of anilines is 2. The monoisotopic (exact) mass is 396 g/mol. The summed E-state index contributed by atoms with van der Waals surface area (Å²) in [5.41, 5.74) is 1.63. The highest BCUT2D eigenvalue weighted by atomic mass is 32.2. The topological polar surface area (TPSA) is 128 Å². The van der Waals surface area contributed by atoms with Gasteiger partial charge < -0.3 is 4.74 Å². The second kappa shape index (κ2) is 8.33. The number of hydrogen-bond donors (Lipinski definition) is 2. The summed E-state index contributed by atoms with van der Waals surface area (Å²) in [4.78, 5) is 16.4. The Bertz CT molecular complexity index is 923. The molecule has 2 N–H and O–H groups in total. The maximum Gasteiger partial charge on any atom is 0.412 e. The number of nitrogens with one attached hydrogen (secondary N) is 2. The summed E-state index contributed by atoms with van der Waals surface area (Å²) in [5, 5.41) is 10.6. The lowest BCUT2D eigenvalue weighted by Gasteiger charge is -2.10. The van der Waals surface area contributed by atoms with Crippen molar-refractivity contribution in [1.82, 2.24) is 20.0 Å². The van der Waals surface area contributed by atoms with Gasteiger partial charge in [0.25, 0.3) is 0 Å². The lowest BCUT2D eigenvalue weighted by atomic mass is 10.1. The zero-order valence-corrected chi connectivity index (χ0v) is 16.8. The van der Waals surface area contributed by atoms with Gasteiger partial charge in [-0.1, -0.05) is 19.1 Å². The predicted octanol–water partition coefficient (Wildman–Crippen LogP) is 2.15. The van der Waals surface area contributed by atoms with Gasteiger partial charge in [-0.3, -0.25) is 10.0 Å². The first kappa shape index (κ1) is 20.6. The minimum Gasteiger partial charge on any atom is -0.449 e. The third kappa shape index (κ3) is 5.91. The molecule has 148 valence electrons. The highest BCUT2D eigenvalue weighted by Crippen LogP contribution is 2.26. The third-order valence-corrected chi connectivity index (χ3v) is 4.19. The molecule has 0 aliphatic rings. The molecule has 0 saturated carbocycles. The van der Waals surface area contributed by atoms with E-state index in [0.717, 1.165) is 12.7 Å². The van der Waals surface area contributed by atoms with Crippen molar-refractivity contribution in [2.45, 2.75) is 27.2 Å². The average Bonchev–Trinajstić information content (AvgIpc) is 2.89. The lowest BCUT2D eigenvalue weighted by Crippen LogP contribution is -2.17. The molecule has 2 heterocycles. The second-order valence-electron chi connectivity index (χ2n) is 6.56. The van der Waals surface area contributed by atoms with Crippen LogP contribution >= 0.6 is 0 Å². The van der Waals surface area contributed by atoms with Gasteiger partial charge in [-0.15, -0.1) is 5.10 Å². The van der Waals surface area contributed by atoms with Crippen LogP contribution in [0.15, 0.2) is 12.1 Å². The number of hydrogen-bond acceptors (Lipinski definition) is 7. The zero-order chi connectivity index (χ0) is 20.2. The molecule has 1 amide bonds. The van der Waals surface area contributed by atoms with E-state index in [4.69, 9.17) is 4.74 Å². The van der Waals surface area contributed by atoms with E-state index in [1.807, 2.05) is 13.8 Å². The largest absolute Gasteiger partial charge is 0.449 e. The van der Waals surface area contributed by atoms with Crippen LogP contribution in [0.4, 0.5) is 16.3 Å². The summed E-state index contributed by atoms with van der Waals surface area (Å²) in [7, 11) is -1.78. The Hall–Kier alpha value is -2.69. The van der Waals surface area contributed by atoms with Crippen molar-refractivity contribution in [3.05, 3.63) is 17.8 Å². The molecule has 10 nitrogen and oxygen atoms in total. The normalized spacial score (nSPS) is 11.5. The Morgan fingerprint density at radius 1 is 1.33 bits per heavy atom. The summed E-state index contributed by atoms with van der Waals surface area (Å²) < 4.78 is 31.7. The molecule has 0 bridgehead atoms. The van der Waals surface area contributed by atoms with Crippen LogP contribution in [-0.2, 0) is 21.8 Å². The Morgan fingerprint density at radius 2 is 2.04 bits per heavy atom. The highest BCUT2D eigenvalue weighted by molar-refractivity contribution is 7.92. The lowest BCUT2D eigenvalue weighted by molar-refractivity contribution is 0.155. The van der Waals surface area contributed by atoms with Crippen LogP contribution in [0, 0.1) is 12.8 Å². The molecule has 0 aliphatic carbocycles. The average molecular weight is 396 g/mol. The Labute approximate surface area is 158 Å². The number of amides is 1. The van der Waals surface area contributed by atoms with Gasteiger partial charge in [0.2, 0.25) is 10.0 Å².